The average Bonchev–Trinajstić information content (AvgIpc) is 3.08. The molecule has 1 aliphatic rings. The fourth-order valence-corrected chi connectivity index (χ4v) is 4.78. The first kappa shape index (κ1) is 15.0. The minimum atomic E-state index is -2.80. The largest absolute Gasteiger partial charge is 0.352 e. The fourth-order valence-electron chi connectivity index (χ4n) is 2.87. The minimum Gasteiger partial charge on any atom is -0.352 e. The van der Waals surface area contributed by atoms with Crippen LogP contribution in [0.2, 0.25) is 0 Å². The summed E-state index contributed by atoms with van der Waals surface area (Å²) in [6.45, 7) is 0.566. The zero-order valence-electron chi connectivity index (χ0n) is 12.2. The second kappa shape index (κ2) is 6.08. The Morgan fingerprint density at radius 1 is 1.41 bits per heavy atom. The van der Waals surface area contributed by atoms with Gasteiger partial charge in [-0.1, -0.05) is 0 Å². The quantitative estimate of drug-likeness (QED) is 0.817. The number of fused-ring (bicyclic) bond motifs is 1. The van der Waals surface area contributed by atoms with Gasteiger partial charge in [0.05, 0.1) is 28.9 Å². The number of sulfone groups is 1. The van der Waals surface area contributed by atoms with E-state index in [2.05, 4.69) is 15.3 Å². The molecule has 0 saturated carbocycles. The Bertz CT molecular complexity index is 782. The van der Waals surface area contributed by atoms with Crippen molar-refractivity contribution in [1.29, 1.82) is 0 Å². The van der Waals surface area contributed by atoms with Crippen LogP contribution in [0.4, 0.5) is 0 Å². The number of hydrogen-bond acceptors (Lipinski definition) is 4. The molecule has 2 aromatic rings. The summed E-state index contributed by atoms with van der Waals surface area (Å²) in [4.78, 5) is 19.2. The summed E-state index contributed by atoms with van der Waals surface area (Å²) in [5, 5.41) is 2.88. The average molecular weight is 321 g/mol. The summed E-state index contributed by atoms with van der Waals surface area (Å²) < 4.78 is 22.7. The SMILES string of the molecule is O=C(NCCCC1CCS(=O)(=O)C1)c1ccc2nc[nH]c2c1. The number of hydrogen-bond donors (Lipinski definition) is 2. The molecule has 1 atom stereocenters. The Morgan fingerprint density at radius 3 is 3.05 bits per heavy atom. The Morgan fingerprint density at radius 2 is 2.27 bits per heavy atom. The number of rotatable bonds is 5. The number of amides is 1. The number of imidazole rings is 1. The first-order valence-electron chi connectivity index (χ1n) is 7.45. The lowest BCUT2D eigenvalue weighted by atomic mass is 10.0. The molecule has 22 heavy (non-hydrogen) atoms. The smallest absolute Gasteiger partial charge is 0.251 e. The number of aromatic nitrogens is 2. The first-order valence-corrected chi connectivity index (χ1v) is 9.27. The van der Waals surface area contributed by atoms with Gasteiger partial charge in [0.25, 0.3) is 5.91 Å². The van der Waals surface area contributed by atoms with Gasteiger partial charge in [0.2, 0.25) is 0 Å². The molecule has 1 amide bonds. The van der Waals surface area contributed by atoms with Crippen molar-refractivity contribution in [3.8, 4) is 0 Å². The molecule has 2 N–H and O–H groups in total. The third kappa shape index (κ3) is 3.47. The summed E-state index contributed by atoms with van der Waals surface area (Å²) in [7, 11) is -2.80. The lowest BCUT2D eigenvalue weighted by Crippen LogP contribution is -2.24. The molecule has 1 saturated heterocycles. The second-order valence-corrected chi connectivity index (χ2v) is 8.03. The van der Waals surface area contributed by atoms with Gasteiger partial charge in [0.1, 0.15) is 0 Å². The molecule has 0 aliphatic carbocycles. The lowest BCUT2D eigenvalue weighted by molar-refractivity contribution is 0.0952. The van der Waals surface area contributed by atoms with E-state index in [1.165, 1.54) is 0 Å². The van der Waals surface area contributed by atoms with Crippen LogP contribution in [0.1, 0.15) is 29.6 Å². The van der Waals surface area contributed by atoms with Gasteiger partial charge in [-0.15, -0.1) is 0 Å². The number of carbonyl (C=O) groups excluding carboxylic acids is 1. The summed E-state index contributed by atoms with van der Waals surface area (Å²) >= 11 is 0. The highest BCUT2D eigenvalue weighted by Crippen LogP contribution is 2.22. The van der Waals surface area contributed by atoms with Crippen molar-refractivity contribution in [1.82, 2.24) is 15.3 Å². The molecule has 1 aliphatic heterocycles. The van der Waals surface area contributed by atoms with E-state index < -0.39 is 9.84 Å². The van der Waals surface area contributed by atoms with Crippen molar-refractivity contribution in [3.05, 3.63) is 30.1 Å². The zero-order valence-corrected chi connectivity index (χ0v) is 13.0. The van der Waals surface area contributed by atoms with Crippen molar-refractivity contribution in [2.45, 2.75) is 19.3 Å². The van der Waals surface area contributed by atoms with Gasteiger partial charge in [0, 0.05) is 12.1 Å². The summed E-state index contributed by atoms with van der Waals surface area (Å²) in [6.07, 6.45) is 4.01. The molecule has 7 heteroatoms. The molecule has 1 fully saturated rings. The third-order valence-electron chi connectivity index (χ3n) is 4.08. The second-order valence-electron chi connectivity index (χ2n) is 5.80. The standard InChI is InChI=1S/C15H19N3O3S/c19-15(12-3-4-13-14(8-12)18-10-17-13)16-6-1-2-11-5-7-22(20,21)9-11/h3-4,8,10-11H,1-2,5-7,9H2,(H,16,19)(H,17,18). The number of benzene rings is 1. The molecule has 1 aromatic carbocycles. The topological polar surface area (TPSA) is 91.9 Å². The van der Waals surface area contributed by atoms with Gasteiger partial charge in [-0.3, -0.25) is 4.79 Å². The van der Waals surface area contributed by atoms with Gasteiger partial charge in [-0.05, 0) is 43.4 Å². The fraction of sp³-hybridized carbons (Fsp3) is 0.467. The number of nitrogens with one attached hydrogen (secondary N) is 2. The van der Waals surface area contributed by atoms with Crippen LogP contribution >= 0.6 is 0 Å². The molecule has 1 unspecified atom stereocenters. The third-order valence-corrected chi connectivity index (χ3v) is 5.92. The Kier molecular flexibility index (Phi) is 4.15. The van der Waals surface area contributed by atoms with Gasteiger partial charge >= 0.3 is 0 Å². The highest BCUT2D eigenvalue weighted by Gasteiger charge is 2.27. The lowest BCUT2D eigenvalue weighted by Gasteiger charge is -2.08. The highest BCUT2D eigenvalue weighted by atomic mass is 32.2. The predicted molar refractivity (Wildman–Crippen MR) is 84.4 cm³/mol. The Labute approximate surface area is 129 Å². The van der Waals surface area contributed by atoms with Crippen LogP contribution in [0, 0.1) is 5.92 Å². The molecular weight excluding hydrogens is 302 g/mol. The van der Waals surface area contributed by atoms with Crippen LogP contribution in [-0.2, 0) is 9.84 Å². The first-order chi connectivity index (χ1) is 10.5. The van der Waals surface area contributed by atoms with Gasteiger partial charge in [-0.2, -0.15) is 0 Å². The molecule has 1 aromatic heterocycles. The molecule has 6 nitrogen and oxygen atoms in total. The summed E-state index contributed by atoms with van der Waals surface area (Å²) in [5.41, 5.74) is 2.27. The maximum absolute atomic E-state index is 12.1. The molecule has 0 radical (unpaired) electrons. The molecule has 0 spiro atoms. The molecular formula is C15H19N3O3S. The van der Waals surface area contributed by atoms with Crippen LogP contribution in [0.5, 0.6) is 0 Å². The molecule has 2 heterocycles. The van der Waals surface area contributed by atoms with E-state index in [4.69, 9.17) is 0 Å². The molecule has 118 valence electrons. The number of H-pyrrole nitrogens is 1. The van der Waals surface area contributed by atoms with Crippen molar-refractivity contribution in [2.24, 2.45) is 5.92 Å². The summed E-state index contributed by atoms with van der Waals surface area (Å²) in [6, 6.07) is 5.34. The van der Waals surface area contributed by atoms with Gasteiger partial charge in [-0.25, -0.2) is 13.4 Å². The molecule has 3 rings (SSSR count). The van der Waals surface area contributed by atoms with E-state index >= 15 is 0 Å². The molecule has 0 bridgehead atoms. The van der Waals surface area contributed by atoms with Crippen LogP contribution < -0.4 is 5.32 Å². The Hall–Kier alpha value is -1.89. The van der Waals surface area contributed by atoms with Crippen molar-refractivity contribution in [3.63, 3.8) is 0 Å². The van der Waals surface area contributed by atoms with E-state index in [1.807, 2.05) is 6.07 Å². The van der Waals surface area contributed by atoms with Crippen molar-refractivity contribution >= 4 is 26.8 Å². The monoisotopic (exact) mass is 321 g/mol. The Balaban J connectivity index is 1.46. The number of aromatic amines is 1. The highest BCUT2D eigenvalue weighted by molar-refractivity contribution is 7.91. The van der Waals surface area contributed by atoms with Crippen LogP contribution in [0.25, 0.3) is 11.0 Å². The van der Waals surface area contributed by atoms with E-state index in [0.29, 0.717) is 23.6 Å². The number of nitrogens with zero attached hydrogens (tertiary/aromatic N) is 1. The minimum absolute atomic E-state index is 0.115. The van der Waals surface area contributed by atoms with Crippen molar-refractivity contribution < 1.29 is 13.2 Å². The van der Waals surface area contributed by atoms with Crippen LogP contribution in [-0.4, -0.2) is 42.3 Å². The van der Waals surface area contributed by atoms with E-state index in [0.717, 1.165) is 30.3 Å². The van der Waals surface area contributed by atoms with E-state index in [1.54, 1.807) is 18.5 Å². The predicted octanol–water partition coefficient (Wildman–Crippen LogP) is 1.51. The number of carbonyl (C=O) groups is 1. The van der Waals surface area contributed by atoms with Crippen LogP contribution in [0.15, 0.2) is 24.5 Å². The zero-order chi connectivity index (χ0) is 15.6. The van der Waals surface area contributed by atoms with E-state index in [9.17, 15) is 13.2 Å². The van der Waals surface area contributed by atoms with Gasteiger partial charge < -0.3 is 10.3 Å². The normalized spacial score (nSPS) is 20.3. The van der Waals surface area contributed by atoms with Gasteiger partial charge in [0.15, 0.2) is 9.84 Å². The maximum Gasteiger partial charge on any atom is 0.251 e. The summed E-state index contributed by atoms with van der Waals surface area (Å²) in [5.74, 6) is 0.754. The van der Waals surface area contributed by atoms with Crippen LogP contribution in [0.3, 0.4) is 0 Å². The van der Waals surface area contributed by atoms with Crippen molar-refractivity contribution in [2.75, 3.05) is 18.1 Å². The maximum atomic E-state index is 12.1. The van der Waals surface area contributed by atoms with E-state index in [-0.39, 0.29) is 11.8 Å².